The van der Waals surface area contributed by atoms with Crippen molar-refractivity contribution in [2.24, 2.45) is 5.92 Å². The third-order valence-corrected chi connectivity index (χ3v) is 7.19. The van der Waals surface area contributed by atoms with E-state index in [-0.39, 0.29) is 11.9 Å². The number of hydrogen-bond donors (Lipinski definition) is 1. The third-order valence-electron chi connectivity index (χ3n) is 5.31. The molecule has 6 nitrogen and oxygen atoms in total. The Morgan fingerprint density at radius 1 is 1.16 bits per heavy atom. The quantitative estimate of drug-likeness (QED) is 0.540. The van der Waals surface area contributed by atoms with E-state index < -0.39 is 0 Å². The van der Waals surface area contributed by atoms with Crippen LogP contribution in [0.1, 0.15) is 41.6 Å². The van der Waals surface area contributed by atoms with E-state index >= 15 is 0 Å². The van der Waals surface area contributed by atoms with Crippen LogP contribution in [-0.2, 0) is 22.4 Å². The first kappa shape index (κ1) is 23.9. The number of anilines is 1. The van der Waals surface area contributed by atoms with Gasteiger partial charge in [0.1, 0.15) is 5.00 Å². The van der Waals surface area contributed by atoms with Crippen molar-refractivity contribution in [3.63, 3.8) is 0 Å². The number of piperazine rings is 1. The summed E-state index contributed by atoms with van der Waals surface area (Å²) in [5, 5.41) is 7.67. The van der Waals surface area contributed by atoms with E-state index in [1.165, 1.54) is 16.2 Å². The molecule has 0 atom stereocenters. The van der Waals surface area contributed by atoms with Crippen LogP contribution in [0, 0.1) is 5.92 Å². The summed E-state index contributed by atoms with van der Waals surface area (Å²) in [7, 11) is 0. The van der Waals surface area contributed by atoms with E-state index in [1.54, 1.807) is 6.92 Å². The Morgan fingerprint density at radius 2 is 1.90 bits per heavy atom. The van der Waals surface area contributed by atoms with E-state index in [0.29, 0.717) is 29.6 Å². The normalized spacial score (nSPS) is 15.4. The predicted molar refractivity (Wildman–Crippen MR) is 128 cm³/mol. The lowest BCUT2D eigenvalue weighted by Crippen LogP contribution is -2.49. The number of ether oxygens (including phenoxy) is 1. The second-order valence-corrected chi connectivity index (χ2v) is 10.2. The second-order valence-electron chi connectivity index (χ2n) is 8.28. The summed E-state index contributed by atoms with van der Waals surface area (Å²) in [4.78, 5) is 31.3. The van der Waals surface area contributed by atoms with Crippen molar-refractivity contribution in [1.29, 1.82) is 0 Å². The average molecular weight is 464 g/mol. The van der Waals surface area contributed by atoms with Gasteiger partial charge in [0.15, 0.2) is 0 Å². The maximum atomic E-state index is 12.7. The Morgan fingerprint density at radius 3 is 2.55 bits per heavy atom. The minimum atomic E-state index is -0.353. The molecule has 1 aliphatic heterocycles. The summed E-state index contributed by atoms with van der Waals surface area (Å²) in [6, 6.07) is 4.29. The lowest BCUT2D eigenvalue weighted by atomic mass is 10.0. The number of thiophene rings is 2. The summed E-state index contributed by atoms with van der Waals surface area (Å²) in [6.45, 7) is 11.5. The van der Waals surface area contributed by atoms with Gasteiger partial charge in [0, 0.05) is 37.6 Å². The van der Waals surface area contributed by atoms with Gasteiger partial charge in [0.05, 0.1) is 18.7 Å². The fraction of sp³-hybridized carbons (Fsp3) is 0.565. The first-order chi connectivity index (χ1) is 15.0. The van der Waals surface area contributed by atoms with Crippen LogP contribution >= 0.6 is 22.7 Å². The number of carbonyl (C=O) groups excluding carboxylic acids is 2. The van der Waals surface area contributed by atoms with Crippen LogP contribution in [0.4, 0.5) is 5.00 Å². The minimum Gasteiger partial charge on any atom is -0.462 e. The molecule has 3 heterocycles. The zero-order chi connectivity index (χ0) is 22.2. The van der Waals surface area contributed by atoms with Crippen molar-refractivity contribution >= 4 is 39.6 Å². The predicted octanol–water partition coefficient (Wildman–Crippen LogP) is 3.98. The number of hydrogen-bond acceptors (Lipinski definition) is 7. The molecule has 0 saturated carbocycles. The molecule has 0 unspecified atom stereocenters. The SMILES string of the molecule is CCOC(=O)c1c(CC(C)C)csc1NC(=O)CN1CCN(CCc2cccs2)CC1. The summed E-state index contributed by atoms with van der Waals surface area (Å²) >= 11 is 3.22. The molecule has 2 aromatic heterocycles. The lowest BCUT2D eigenvalue weighted by molar-refractivity contribution is -0.117. The van der Waals surface area contributed by atoms with Crippen molar-refractivity contribution in [1.82, 2.24) is 9.80 Å². The Labute approximate surface area is 193 Å². The van der Waals surface area contributed by atoms with Crippen LogP contribution in [0.15, 0.2) is 22.9 Å². The number of esters is 1. The van der Waals surface area contributed by atoms with Crippen LogP contribution in [0.25, 0.3) is 0 Å². The highest BCUT2D eigenvalue weighted by atomic mass is 32.1. The van der Waals surface area contributed by atoms with Gasteiger partial charge in [-0.1, -0.05) is 19.9 Å². The molecule has 0 radical (unpaired) electrons. The van der Waals surface area contributed by atoms with Crippen LogP contribution < -0.4 is 5.32 Å². The average Bonchev–Trinajstić information content (AvgIpc) is 3.37. The number of carbonyl (C=O) groups is 2. The van der Waals surface area contributed by atoms with Gasteiger partial charge < -0.3 is 15.0 Å². The molecular weight excluding hydrogens is 430 g/mol. The first-order valence-electron chi connectivity index (χ1n) is 11.0. The molecule has 1 amide bonds. The molecule has 170 valence electrons. The van der Waals surface area contributed by atoms with Gasteiger partial charge in [-0.25, -0.2) is 4.79 Å². The molecule has 3 rings (SSSR count). The van der Waals surface area contributed by atoms with E-state index in [9.17, 15) is 9.59 Å². The smallest absolute Gasteiger partial charge is 0.341 e. The van der Waals surface area contributed by atoms with E-state index in [0.717, 1.165) is 51.1 Å². The molecule has 1 N–H and O–H groups in total. The Kier molecular flexibility index (Phi) is 9.07. The van der Waals surface area contributed by atoms with Crippen LogP contribution in [0.5, 0.6) is 0 Å². The molecule has 0 aliphatic carbocycles. The third kappa shape index (κ3) is 7.14. The lowest BCUT2D eigenvalue weighted by Gasteiger charge is -2.34. The number of nitrogens with zero attached hydrogens (tertiary/aromatic N) is 2. The van der Waals surface area contributed by atoms with Gasteiger partial charge in [0.25, 0.3) is 0 Å². The molecule has 2 aromatic rings. The Bertz CT molecular complexity index is 840. The highest BCUT2D eigenvalue weighted by Gasteiger charge is 2.24. The molecule has 0 spiro atoms. The summed E-state index contributed by atoms with van der Waals surface area (Å²) < 4.78 is 5.24. The molecule has 1 saturated heterocycles. The van der Waals surface area contributed by atoms with Gasteiger partial charge in [-0.15, -0.1) is 22.7 Å². The fourth-order valence-corrected chi connectivity index (χ4v) is 5.44. The fourth-order valence-electron chi connectivity index (χ4n) is 3.77. The van der Waals surface area contributed by atoms with Crippen LogP contribution in [0.2, 0.25) is 0 Å². The molecular formula is C23H33N3O3S2. The second kappa shape index (κ2) is 11.8. The molecule has 0 bridgehead atoms. The van der Waals surface area contributed by atoms with Crippen molar-refractivity contribution in [3.8, 4) is 0 Å². The van der Waals surface area contributed by atoms with Crippen LogP contribution in [-0.4, -0.2) is 67.6 Å². The van der Waals surface area contributed by atoms with Gasteiger partial charge in [-0.05, 0) is 48.1 Å². The molecule has 1 fully saturated rings. The first-order valence-corrected chi connectivity index (χ1v) is 12.8. The van der Waals surface area contributed by atoms with E-state index in [2.05, 4.69) is 46.5 Å². The minimum absolute atomic E-state index is 0.0736. The van der Waals surface area contributed by atoms with Crippen LogP contribution in [0.3, 0.4) is 0 Å². The van der Waals surface area contributed by atoms with Crippen molar-refractivity contribution in [3.05, 3.63) is 38.9 Å². The molecule has 1 aliphatic rings. The van der Waals surface area contributed by atoms with Gasteiger partial charge >= 0.3 is 5.97 Å². The Balaban J connectivity index is 1.50. The topological polar surface area (TPSA) is 61.9 Å². The van der Waals surface area contributed by atoms with Crippen molar-refractivity contribution < 1.29 is 14.3 Å². The van der Waals surface area contributed by atoms with E-state index in [1.807, 2.05) is 16.7 Å². The zero-order valence-electron chi connectivity index (χ0n) is 18.7. The van der Waals surface area contributed by atoms with Crippen molar-refractivity contribution in [2.45, 2.75) is 33.6 Å². The highest BCUT2D eigenvalue weighted by molar-refractivity contribution is 7.15. The van der Waals surface area contributed by atoms with Gasteiger partial charge in [-0.3, -0.25) is 9.69 Å². The largest absolute Gasteiger partial charge is 0.462 e. The molecule has 31 heavy (non-hydrogen) atoms. The molecule has 8 heteroatoms. The standard InChI is InChI=1S/C23H33N3O3S2/c1-4-29-23(28)21-18(14-17(2)3)16-31-22(21)24-20(27)15-26-11-9-25(10-12-26)8-7-19-6-5-13-30-19/h5-6,13,16-17H,4,7-12,14-15H2,1-3H3,(H,24,27). The van der Waals surface area contributed by atoms with Gasteiger partial charge in [0.2, 0.25) is 5.91 Å². The summed E-state index contributed by atoms with van der Waals surface area (Å²) in [5.74, 6) is -0.00738. The number of nitrogens with one attached hydrogen (secondary N) is 1. The maximum Gasteiger partial charge on any atom is 0.341 e. The summed E-state index contributed by atoms with van der Waals surface area (Å²) in [5.41, 5.74) is 1.47. The highest BCUT2D eigenvalue weighted by Crippen LogP contribution is 2.31. The number of amides is 1. The molecule has 0 aromatic carbocycles. The maximum absolute atomic E-state index is 12.7. The van der Waals surface area contributed by atoms with E-state index in [4.69, 9.17) is 4.74 Å². The number of rotatable bonds is 10. The Hall–Kier alpha value is -1.74. The monoisotopic (exact) mass is 463 g/mol. The zero-order valence-corrected chi connectivity index (χ0v) is 20.3. The van der Waals surface area contributed by atoms with Gasteiger partial charge in [-0.2, -0.15) is 0 Å². The van der Waals surface area contributed by atoms with Crippen molar-refractivity contribution in [2.75, 3.05) is 51.2 Å². The summed E-state index contributed by atoms with van der Waals surface area (Å²) in [6.07, 6.45) is 1.87.